The molecule has 222 valence electrons. The van der Waals surface area contributed by atoms with Gasteiger partial charge < -0.3 is 19.3 Å². The van der Waals surface area contributed by atoms with Crippen molar-refractivity contribution < 1.29 is 37.3 Å². The first-order valence-electron chi connectivity index (χ1n) is 13.7. The second-order valence-corrected chi connectivity index (χ2v) is 19.0. The molecule has 2 aromatic rings. The third-order valence-corrected chi connectivity index (χ3v) is 10.5. The van der Waals surface area contributed by atoms with Gasteiger partial charge in [0.1, 0.15) is 11.5 Å². The lowest BCUT2D eigenvalue weighted by Gasteiger charge is -2.47. The summed E-state index contributed by atoms with van der Waals surface area (Å²) < 4.78 is 42.5. The Morgan fingerprint density at radius 1 is 1.00 bits per heavy atom. The number of phenols is 1. The summed E-state index contributed by atoms with van der Waals surface area (Å²) in [5, 5.41) is 14.6. The van der Waals surface area contributed by atoms with Gasteiger partial charge in [0.05, 0.1) is 37.1 Å². The van der Waals surface area contributed by atoms with Gasteiger partial charge in [0, 0.05) is 25.6 Å². The molecule has 0 spiro atoms. The van der Waals surface area contributed by atoms with Crippen LogP contribution >= 0.6 is 0 Å². The van der Waals surface area contributed by atoms with Crippen molar-refractivity contribution >= 4 is 35.7 Å². The van der Waals surface area contributed by atoms with Crippen molar-refractivity contribution in [3.63, 3.8) is 0 Å². The third-order valence-electron chi connectivity index (χ3n) is 7.54. The zero-order valence-electron chi connectivity index (χ0n) is 24.0. The van der Waals surface area contributed by atoms with Crippen LogP contribution in [0, 0.1) is 11.8 Å². The Kier molecular flexibility index (Phi) is 9.12. The van der Waals surface area contributed by atoms with Gasteiger partial charge in [-0.3, -0.25) is 9.59 Å². The van der Waals surface area contributed by atoms with Crippen LogP contribution in [0.2, 0.25) is 25.7 Å². The predicted octanol–water partition coefficient (Wildman–Crippen LogP) is 4.39. The van der Waals surface area contributed by atoms with Gasteiger partial charge in [0.15, 0.2) is 0 Å². The molecule has 0 aliphatic heterocycles. The van der Waals surface area contributed by atoms with Crippen LogP contribution in [0.25, 0.3) is 0 Å². The maximum atomic E-state index is 13.6. The molecular formula is C29H38N2O8SSi. The summed E-state index contributed by atoms with van der Waals surface area (Å²) in [4.78, 5) is 29.4. The minimum atomic E-state index is -4.04. The summed E-state index contributed by atoms with van der Waals surface area (Å²) in [6.45, 7) is 8.88. The van der Waals surface area contributed by atoms with Gasteiger partial charge in [-0.05, 0) is 66.4 Å². The molecule has 0 radical (unpaired) electrons. The summed E-state index contributed by atoms with van der Waals surface area (Å²) in [5.74, 6) is -3.69. The van der Waals surface area contributed by atoms with E-state index in [0.717, 1.165) is 11.6 Å². The van der Waals surface area contributed by atoms with Crippen molar-refractivity contribution in [3.05, 3.63) is 53.6 Å². The zero-order valence-corrected chi connectivity index (χ0v) is 25.9. The van der Waals surface area contributed by atoms with E-state index in [0.29, 0.717) is 23.4 Å². The monoisotopic (exact) mass is 602 g/mol. The molecule has 0 heterocycles. The van der Waals surface area contributed by atoms with E-state index in [2.05, 4.69) is 29.6 Å². The summed E-state index contributed by atoms with van der Waals surface area (Å²) >= 11 is 0. The average molecular weight is 603 g/mol. The lowest BCUT2D eigenvalue weighted by Crippen LogP contribution is -2.51. The number of rotatable bonds is 11. The number of ether oxygens (including phenoxy) is 3. The van der Waals surface area contributed by atoms with Gasteiger partial charge in [0.25, 0.3) is 10.0 Å². The topological polar surface area (TPSA) is 141 Å². The van der Waals surface area contributed by atoms with Gasteiger partial charge >= 0.3 is 11.9 Å². The lowest BCUT2D eigenvalue weighted by molar-refractivity contribution is -0.163. The molecule has 2 N–H and O–H groups in total. The van der Waals surface area contributed by atoms with Crippen molar-refractivity contribution in [2.45, 2.75) is 62.2 Å². The van der Waals surface area contributed by atoms with Crippen molar-refractivity contribution in [1.82, 2.24) is 4.83 Å². The van der Waals surface area contributed by atoms with Crippen LogP contribution in [-0.2, 0) is 29.1 Å². The molecular weight excluding hydrogens is 564 g/mol. The number of benzene rings is 2. The highest BCUT2D eigenvalue weighted by Gasteiger charge is 2.57. The third kappa shape index (κ3) is 6.75. The van der Waals surface area contributed by atoms with Crippen LogP contribution in [0.3, 0.4) is 0 Å². The number of esters is 2. The number of methoxy groups -OCH3 is 1. The smallest absolute Gasteiger partial charge is 0.310 e. The van der Waals surface area contributed by atoms with Crippen LogP contribution in [0.1, 0.15) is 42.7 Å². The van der Waals surface area contributed by atoms with Crippen molar-refractivity contribution in [2.75, 3.05) is 20.3 Å². The molecule has 41 heavy (non-hydrogen) atoms. The van der Waals surface area contributed by atoms with Gasteiger partial charge in [-0.1, -0.05) is 32.6 Å². The zero-order chi connectivity index (χ0) is 29.9. The first-order chi connectivity index (χ1) is 19.4. The largest absolute Gasteiger partial charge is 0.508 e. The highest BCUT2D eigenvalue weighted by molar-refractivity contribution is 7.89. The van der Waals surface area contributed by atoms with E-state index in [1.807, 2.05) is 6.92 Å². The Balaban J connectivity index is 1.72. The Labute approximate surface area is 242 Å². The summed E-state index contributed by atoms with van der Waals surface area (Å²) in [7, 11) is -4.03. The van der Waals surface area contributed by atoms with Crippen molar-refractivity contribution in [1.29, 1.82) is 0 Å². The summed E-state index contributed by atoms with van der Waals surface area (Å²) in [6.07, 6.45) is 0.830. The maximum absolute atomic E-state index is 13.6. The number of hydrogen-bond acceptors (Lipinski definition) is 9. The minimum absolute atomic E-state index is 0.00979. The standard InChI is InChI=1S/C29H38N2O8SSi/c1-6-13-38-29(34)27-25-22-16-18(32)7-12-21(22)23(26(27)28(33)39-14-15-41(3,4)5)17-24(25)30-31-40(35,36)20-10-8-19(37-2)9-11-20/h7-12,16,23,25-27,31-32H,6,13-15,17H2,1-5H3. The van der Waals surface area contributed by atoms with Crippen LogP contribution in [0.15, 0.2) is 52.5 Å². The fourth-order valence-corrected chi connectivity index (χ4v) is 7.03. The van der Waals surface area contributed by atoms with Crippen LogP contribution in [0.5, 0.6) is 11.5 Å². The summed E-state index contributed by atoms with van der Waals surface area (Å²) in [6, 6.07) is 11.5. The van der Waals surface area contributed by atoms with Gasteiger partial charge in [0.2, 0.25) is 0 Å². The molecule has 5 rings (SSSR count). The molecule has 2 bridgehead atoms. The fourth-order valence-electron chi connectivity index (χ4n) is 5.48. The molecule has 1 fully saturated rings. The molecule has 12 heteroatoms. The van der Waals surface area contributed by atoms with Gasteiger partial charge in [-0.15, -0.1) is 0 Å². The SMILES string of the molecule is CCCOC(=O)C1C2C(=NNS(=O)(=O)c3ccc(OC)cc3)CC(c3ccc(O)cc32)C1C(=O)OCC[Si](C)(C)C. The Bertz CT molecular complexity index is 1420. The second-order valence-electron chi connectivity index (χ2n) is 11.7. The van der Waals surface area contributed by atoms with E-state index in [9.17, 15) is 23.1 Å². The molecule has 3 aliphatic carbocycles. The molecule has 3 aliphatic rings. The molecule has 10 nitrogen and oxygen atoms in total. The Morgan fingerprint density at radius 2 is 1.66 bits per heavy atom. The van der Waals surface area contributed by atoms with E-state index in [1.165, 1.54) is 31.4 Å². The second kappa shape index (κ2) is 12.2. The Morgan fingerprint density at radius 3 is 2.29 bits per heavy atom. The predicted molar refractivity (Wildman–Crippen MR) is 156 cm³/mol. The van der Waals surface area contributed by atoms with Crippen molar-refractivity contribution in [2.24, 2.45) is 16.9 Å². The number of aromatic hydroxyl groups is 1. The minimum Gasteiger partial charge on any atom is -0.508 e. The normalized spacial score (nSPS) is 22.6. The van der Waals surface area contributed by atoms with Crippen LogP contribution in [0.4, 0.5) is 0 Å². The number of fused-ring (bicyclic) bond motifs is 2. The van der Waals surface area contributed by atoms with E-state index < -0.39 is 53.7 Å². The number of nitrogens with zero attached hydrogens (tertiary/aromatic N) is 1. The number of hydrazone groups is 1. The number of sulfonamides is 1. The van der Waals surface area contributed by atoms with Crippen LogP contribution in [-0.4, -0.2) is 59.6 Å². The summed E-state index contributed by atoms with van der Waals surface area (Å²) in [5.41, 5.74) is 1.81. The number of nitrogens with one attached hydrogen (secondary N) is 1. The number of hydrogen-bond donors (Lipinski definition) is 2. The van der Waals surface area contributed by atoms with E-state index in [-0.39, 0.29) is 30.3 Å². The number of carbonyl (C=O) groups is 2. The molecule has 0 saturated heterocycles. The molecule has 0 amide bonds. The molecule has 2 aromatic carbocycles. The van der Waals surface area contributed by atoms with Gasteiger partial charge in [-0.25, -0.2) is 4.83 Å². The van der Waals surface area contributed by atoms with E-state index >= 15 is 0 Å². The number of phenolic OH excluding ortho intramolecular Hbond substituents is 1. The van der Waals surface area contributed by atoms with Crippen molar-refractivity contribution in [3.8, 4) is 11.5 Å². The fraction of sp³-hybridized carbons (Fsp3) is 0.483. The molecule has 4 unspecified atom stereocenters. The lowest BCUT2D eigenvalue weighted by atomic mass is 9.55. The molecule has 1 saturated carbocycles. The maximum Gasteiger partial charge on any atom is 0.310 e. The number of carbonyl (C=O) groups excluding carboxylic acids is 2. The highest BCUT2D eigenvalue weighted by Crippen LogP contribution is 2.55. The first-order valence-corrected chi connectivity index (χ1v) is 18.9. The molecule has 0 aromatic heterocycles. The average Bonchev–Trinajstić information content (AvgIpc) is 2.93. The van der Waals surface area contributed by atoms with Gasteiger partial charge in [-0.2, -0.15) is 13.5 Å². The first kappa shape index (κ1) is 30.6. The Hall–Kier alpha value is -3.38. The molecule has 4 atom stereocenters. The van der Waals surface area contributed by atoms with Crippen LogP contribution < -0.4 is 9.57 Å². The highest BCUT2D eigenvalue weighted by atomic mass is 32.2. The van der Waals surface area contributed by atoms with E-state index in [1.54, 1.807) is 18.2 Å². The van der Waals surface area contributed by atoms with E-state index in [4.69, 9.17) is 14.2 Å². The quantitative estimate of drug-likeness (QED) is 0.219.